The van der Waals surface area contributed by atoms with E-state index >= 15 is 0 Å². The van der Waals surface area contributed by atoms with Crippen LogP contribution in [0.2, 0.25) is 0 Å². The maximum absolute atomic E-state index is 14.1. The fraction of sp³-hybridized carbons (Fsp3) is 0.550. The molecule has 0 radical (unpaired) electrons. The third-order valence-electron chi connectivity index (χ3n) is 4.50. The first-order valence-electron chi connectivity index (χ1n) is 9.72. The van der Waals surface area contributed by atoms with Crippen LogP contribution in [0, 0.1) is 17.5 Å². The minimum atomic E-state index is -1.35. The Bertz CT molecular complexity index is 844. The molecule has 0 aromatic heterocycles. The number of benzene rings is 1. The van der Waals surface area contributed by atoms with Gasteiger partial charge in [-0.1, -0.05) is 0 Å². The van der Waals surface area contributed by atoms with E-state index in [1.165, 1.54) is 0 Å². The minimum Gasteiger partial charge on any atom is -0.480 e. The van der Waals surface area contributed by atoms with Gasteiger partial charge in [-0.05, 0) is 45.2 Å². The zero-order chi connectivity index (χ0) is 23.3. The summed E-state index contributed by atoms with van der Waals surface area (Å²) in [7, 11) is 0. The molecule has 11 heteroatoms. The van der Waals surface area contributed by atoms with Gasteiger partial charge in [0.25, 0.3) is 0 Å². The van der Waals surface area contributed by atoms with Crippen LogP contribution in [0.3, 0.4) is 0 Å². The maximum atomic E-state index is 14.1. The molecule has 0 saturated carbocycles. The number of halogens is 3. The lowest BCUT2D eigenvalue weighted by atomic mass is 10.0. The Balaban J connectivity index is 2.08. The van der Waals surface area contributed by atoms with Gasteiger partial charge in [-0.25, -0.2) is 18.0 Å². The highest BCUT2D eigenvalue weighted by atomic mass is 19.2. The summed E-state index contributed by atoms with van der Waals surface area (Å²) in [6.45, 7) is 5.16. The maximum Gasteiger partial charge on any atom is 0.407 e. The summed E-state index contributed by atoms with van der Waals surface area (Å²) in [4.78, 5) is 35.6. The van der Waals surface area contributed by atoms with Crippen molar-refractivity contribution in [3.8, 4) is 0 Å². The zero-order valence-corrected chi connectivity index (χ0v) is 17.4. The van der Waals surface area contributed by atoms with E-state index < -0.39 is 59.1 Å². The first-order valence-corrected chi connectivity index (χ1v) is 9.72. The van der Waals surface area contributed by atoms with Gasteiger partial charge in [-0.15, -0.1) is 0 Å². The lowest BCUT2D eigenvalue weighted by molar-refractivity contribution is -0.139. The largest absolute Gasteiger partial charge is 0.480 e. The molecule has 1 saturated heterocycles. The van der Waals surface area contributed by atoms with Crippen molar-refractivity contribution in [2.24, 2.45) is 0 Å². The summed E-state index contributed by atoms with van der Waals surface area (Å²) < 4.78 is 46.0. The second-order valence-corrected chi connectivity index (χ2v) is 8.41. The Morgan fingerprint density at radius 3 is 2.42 bits per heavy atom. The van der Waals surface area contributed by atoms with Gasteiger partial charge in [0.15, 0.2) is 11.6 Å². The number of hydrogen-bond donors (Lipinski definition) is 4. The lowest BCUT2D eigenvalue weighted by Gasteiger charge is -2.24. The molecule has 4 N–H and O–H groups in total. The third-order valence-corrected chi connectivity index (χ3v) is 4.50. The Morgan fingerprint density at radius 2 is 1.84 bits per heavy atom. The molecule has 8 nitrogen and oxygen atoms in total. The van der Waals surface area contributed by atoms with Crippen LogP contribution in [0.15, 0.2) is 12.1 Å². The van der Waals surface area contributed by atoms with E-state index in [1.807, 2.05) is 0 Å². The third kappa shape index (κ3) is 7.74. The van der Waals surface area contributed by atoms with Crippen molar-refractivity contribution in [1.82, 2.24) is 16.0 Å². The molecule has 1 aromatic rings. The molecule has 3 atom stereocenters. The number of ether oxygens (including phenoxy) is 1. The van der Waals surface area contributed by atoms with Crippen molar-refractivity contribution in [1.29, 1.82) is 0 Å². The summed E-state index contributed by atoms with van der Waals surface area (Å²) in [6.07, 6.45) is -1.28. The van der Waals surface area contributed by atoms with Crippen LogP contribution in [0.25, 0.3) is 0 Å². The number of aliphatic carboxylic acids is 1. The number of carboxylic acid groups (broad SMARTS) is 1. The van der Waals surface area contributed by atoms with Crippen molar-refractivity contribution in [2.75, 3.05) is 6.54 Å². The van der Waals surface area contributed by atoms with E-state index in [-0.39, 0.29) is 31.4 Å². The number of carbonyl (C=O) groups excluding carboxylic acids is 2. The smallest absolute Gasteiger partial charge is 0.407 e. The highest BCUT2D eigenvalue weighted by Gasteiger charge is 2.31. The Hall–Kier alpha value is -2.82. The molecule has 2 amide bonds. The predicted molar refractivity (Wildman–Crippen MR) is 104 cm³/mol. The minimum absolute atomic E-state index is 0.184. The van der Waals surface area contributed by atoms with E-state index in [9.17, 15) is 27.6 Å². The van der Waals surface area contributed by atoms with Gasteiger partial charge in [0.1, 0.15) is 17.5 Å². The molecule has 0 bridgehead atoms. The molecule has 1 unspecified atom stereocenters. The first kappa shape index (κ1) is 24.4. The highest BCUT2D eigenvalue weighted by molar-refractivity contribution is 5.79. The van der Waals surface area contributed by atoms with Crippen LogP contribution in [0.5, 0.6) is 0 Å². The zero-order valence-electron chi connectivity index (χ0n) is 17.4. The van der Waals surface area contributed by atoms with Crippen LogP contribution < -0.4 is 16.0 Å². The van der Waals surface area contributed by atoms with Gasteiger partial charge in [0.2, 0.25) is 5.91 Å². The summed E-state index contributed by atoms with van der Waals surface area (Å²) in [5.74, 6) is -5.18. The van der Waals surface area contributed by atoms with Crippen molar-refractivity contribution in [2.45, 2.75) is 63.8 Å². The molecule has 0 aliphatic carbocycles. The van der Waals surface area contributed by atoms with Gasteiger partial charge < -0.3 is 25.8 Å². The van der Waals surface area contributed by atoms with Gasteiger partial charge in [0.05, 0.1) is 0 Å². The number of carbonyl (C=O) groups is 3. The van der Waals surface area contributed by atoms with Gasteiger partial charge in [0, 0.05) is 31.1 Å². The molecule has 31 heavy (non-hydrogen) atoms. The summed E-state index contributed by atoms with van der Waals surface area (Å²) in [5.41, 5.74) is -1.05. The van der Waals surface area contributed by atoms with Crippen molar-refractivity contribution in [3.63, 3.8) is 0 Å². The van der Waals surface area contributed by atoms with Crippen molar-refractivity contribution in [3.05, 3.63) is 35.1 Å². The average Bonchev–Trinajstić information content (AvgIpc) is 3.06. The normalized spacial score (nSPS) is 19.5. The fourth-order valence-corrected chi connectivity index (χ4v) is 3.18. The Morgan fingerprint density at radius 1 is 1.19 bits per heavy atom. The summed E-state index contributed by atoms with van der Waals surface area (Å²) in [6, 6.07) is -1.14. The number of amides is 2. The highest BCUT2D eigenvalue weighted by Crippen LogP contribution is 2.17. The topological polar surface area (TPSA) is 117 Å². The van der Waals surface area contributed by atoms with E-state index in [0.717, 1.165) is 0 Å². The van der Waals surface area contributed by atoms with E-state index in [1.54, 1.807) is 20.8 Å². The Labute approximate surface area is 177 Å². The molecule has 2 rings (SSSR count). The number of hydrogen-bond acceptors (Lipinski definition) is 5. The number of carboxylic acids is 1. The Kier molecular flexibility index (Phi) is 7.88. The van der Waals surface area contributed by atoms with Crippen LogP contribution >= 0.6 is 0 Å². The average molecular weight is 445 g/mol. The second kappa shape index (κ2) is 9.99. The number of rotatable bonds is 7. The molecular formula is C20H26F3N3O5. The molecule has 1 aromatic carbocycles. The second-order valence-electron chi connectivity index (χ2n) is 8.41. The molecule has 1 aliphatic rings. The van der Waals surface area contributed by atoms with Gasteiger partial charge in [-0.2, -0.15) is 0 Å². The van der Waals surface area contributed by atoms with E-state index in [0.29, 0.717) is 12.1 Å². The standard InChI is InChI=1S/C20H26F3N3O5/c1-20(2,3)31-19(30)26-11(4-10-5-14(22)15(23)8-13(10)21)7-17(27)25-12-6-16(18(28)29)24-9-12/h5,8,11-12,16,24H,4,6-7,9H2,1-3H3,(H,25,27)(H,26,30)(H,28,29)/t11-,12?,16+/m1/s1. The SMILES string of the molecule is CC(C)(C)OC(=O)N[C@@H](CC(=O)NC1CN[C@H](C(=O)O)C1)Cc1cc(F)c(F)cc1F. The van der Waals surface area contributed by atoms with Crippen LogP contribution in [0.4, 0.5) is 18.0 Å². The quantitative estimate of drug-likeness (QED) is 0.476. The van der Waals surface area contributed by atoms with Gasteiger partial charge in [-0.3, -0.25) is 9.59 Å². The molecule has 1 heterocycles. The van der Waals surface area contributed by atoms with E-state index in [2.05, 4.69) is 16.0 Å². The van der Waals surface area contributed by atoms with Crippen molar-refractivity contribution >= 4 is 18.0 Å². The molecule has 1 fully saturated rings. The monoisotopic (exact) mass is 445 g/mol. The van der Waals surface area contributed by atoms with Crippen molar-refractivity contribution < 1.29 is 37.4 Å². The predicted octanol–water partition coefficient (Wildman–Crippen LogP) is 1.86. The van der Waals surface area contributed by atoms with E-state index in [4.69, 9.17) is 9.84 Å². The first-order chi connectivity index (χ1) is 14.3. The molecule has 0 spiro atoms. The summed E-state index contributed by atoms with van der Waals surface area (Å²) in [5, 5.41) is 16.9. The van der Waals surface area contributed by atoms with Crippen LogP contribution in [0.1, 0.15) is 39.2 Å². The van der Waals surface area contributed by atoms with Gasteiger partial charge >= 0.3 is 12.1 Å². The fourth-order valence-electron chi connectivity index (χ4n) is 3.18. The van der Waals surface area contributed by atoms with Crippen LogP contribution in [-0.2, 0) is 20.7 Å². The lowest BCUT2D eigenvalue weighted by Crippen LogP contribution is -2.45. The molecular weight excluding hydrogens is 419 g/mol. The molecule has 1 aliphatic heterocycles. The number of alkyl carbamates (subject to hydrolysis) is 1. The summed E-state index contributed by atoms with van der Waals surface area (Å²) >= 11 is 0. The number of nitrogens with one attached hydrogen (secondary N) is 3. The molecule has 172 valence electrons. The van der Waals surface area contributed by atoms with Crippen LogP contribution in [-0.4, -0.2) is 53.3 Å².